The molecule has 88 valence electrons. The number of hydrogen-bond donors (Lipinski definition) is 1. The Kier molecular flexibility index (Phi) is 2.74. The molecule has 1 fully saturated rings. The molecule has 1 N–H and O–H groups in total. The highest BCUT2D eigenvalue weighted by molar-refractivity contribution is 5.81. The van der Waals surface area contributed by atoms with Crippen molar-refractivity contribution in [2.75, 3.05) is 0 Å². The second-order valence-electron chi connectivity index (χ2n) is 5.06. The van der Waals surface area contributed by atoms with Crippen LogP contribution in [-0.4, -0.2) is 20.9 Å². The fourth-order valence-electron chi connectivity index (χ4n) is 2.20. The number of carboxylic acid groups (broad SMARTS) is 1. The highest BCUT2D eigenvalue weighted by atomic mass is 16.4. The van der Waals surface area contributed by atoms with Crippen molar-refractivity contribution in [1.82, 2.24) is 9.78 Å². The van der Waals surface area contributed by atoms with Crippen LogP contribution in [0.4, 0.5) is 0 Å². The summed E-state index contributed by atoms with van der Waals surface area (Å²) in [5, 5.41) is 13.7. The zero-order valence-corrected chi connectivity index (χ0v) is 9.81. The average molecular weight is 222 g/mol. The largest absolute Gasteiger partial charge is 0.481 e. The summed E-state index contributed by atoms with van der Waals surface area (Å²) in [6, 6.07) is 1.86. The van der Waals surface area contributed by atoms with Gasteiger partial charge in [0.15, 0.2) is 0 Å². The minimum atomic E-state index is -0.728. The Balaban J connectivity index is 2.20. The van der Waals surface area contributed by atoms with Crippen LogP contribution in [0.15, 0.2) is 12.3 Å². The van der Waals surface area contributed by atoms with E-state index in [2.05, 4.69) is 18.9 Å². The van der Waals surface area contributed by atoms with Crippen molar-refractivity contribution in [3.63, 3.8) is 0 Å². The summed E-state index contributed by atoms with van der Waals surface area (Å²) in [5.41, 5.74) is 0.0364. The van der Waals surface area contributed by atoms with Gasteiger partial charge in [-0.15, -0.1) is 0 Å². The molecule has 1 aromatic heterocycles. The predicted octanol–water partition coefficient (Wildman–Crippen LogP) is 2.05. The molecule has 0 spiro atoms. The molecule has 2 rings (SSSR count). The molecule has 0 bridgehead atoms. The molecule has 0 atom stereocenters. The van der Waals surface area contributed by atoms with Crippen LogP contribution in [-0.2, 0) is 16.8 Å². The van der Waals surface area contributed by atoms with Gasteiger partial charge in [0.2, 0.25) is 0 Å². The van der Waals surface area contributed by atoms with Crippen LogP contribution in [0.3, 0.4) is 0 Å². The lowest BCUT2D eigenvalue weighted by Gasteiger charge is -2.35. The minimum absolute atomic E-state index is 0.523. The van der Waals surface area contributed by atoms with Gasteiger partial charge in [-0.3, -0.25) is 9.48 Å². The minimum Gasteiger partial charge on any atom is -0.481 e. The van der Waals surface area contributed by atoms with Gasteiger partial charge < -0.3 is 5.11 Å². The molecule has 0 amide bonds. The lowest BCUT2D eigenvalue weighted by molar-refractivity contribution is -0.147. The molecule has 1 aliphatic rings. The van der Waals surface area contributed by atoms with Crippen molar-refractivity contribution in [2.45, 2.75) is 45.1 Å². The van der Waals surface area contributed by atoms with Crippen LogP contribution < -0.4 is 0 Å². The molecule has 0 unspecified atom stereocenters. The van der Waals surface area contributed by atoms with Crippen LogP contribution in [0, 0.1) is 5.92 Å². The van der Waals surface area contributed by atoms with Crippen LogP contribution >= 0.6 is 0 Å². The van der Waals surface area contributed by atoms with E-state index in [0.717, 1.165) is 31.5 Å². The SMILES string of the molecule is CC(C)Cn1ccc(C2(C(=O)O)CCC2)n1. The first-order chi connectivity index (χ1) is 7.54. The van der Waals surface area contributed by atoms with E-state index in [0.29, 0.717) is 5.92 Å². The maximum Gasteiger partial charge on any atom is 0.315 e. The number of nitrogens with zero attached hydrogens (tertiary/aromatic N) is 2. The Labute approximate surface area is 95.3 Å². The van der Waals surface area contributed by atoms with Crippen molar-refractivity contribution in [3.8, 4) is 0 Å². The molecular weight excluding hydrogens is 204 g/mol. The fourth-order valence-corrected chi connectivity index (χ4v) is 2.20. The summed E-state index contributed by atoms with van der Waals surface area (Å²) in [6.07, 6.45) is 4.32. The second kappa shape index (κ2) is 3.92. The standard InChI is InChI=1S/C12H18N2O2/c1-9(2)8-14-7-4-10(13-14)12(11(15)16)5-3-6-12/h4,7,9H,3,5-6,8H2,1-2H3,(H,15,16). The smallest absolute Gasteiger partial charge is 0.315 e. The third-order valence-corrected chi connectivity index (χ3v) is 3.30. The zero-order chi connectivity index (χ0) is 11.8. The van der Waals surface area contributed by atoms with Crippen molar-refractivity contribution >= 4 is 5.97 Å². The number of aromatic nitrogens is 2. The van der Waals surface area contributed by atoms with Gasteiger partial charge >= 0.3 is 5.97 Å². The normalized spacial score (nSPS) is 18.4. The van der Waals surface area contributed by atoms with Gasteiger partial charge in [0.1, 0.15) is 5.41 Å². The van der Waals surface area contributed by atoms with Gasteiger partial charge in [-0.25, -0.2) is 0 Å². The first kappa shape index (κ1) is 11.2. The van der Waals surface area contributed by atoms with E-state index in [9.17, 15) is 9.90 Å². The van der Waals surface area contributed by atoms with Crippen LogP contribution in [0.1, 0.15) is 38.8 Å². The van der Waals surface area contributed by atoms with Gasteiger partial charge in [0.05, 0.1) is 5.69 Å². The second-order valence-corrected chi connectivity index (χ2v) is 5.06. The predicted molar refractivity (Wildman–Crippen MR) is 60.2 cm³/mol. The van der Waals surface area contributed by atoms with E-state index in [-0.39, 0.29) is 0 Å². The van der Waals surface area contributed by atoms with Crippen molar-refractivity contribution in [2.24, 2.45) is 5.92 Å². The summed E-state index contributed by atoms with van der Waals surface area (Å²) >= 11 is 0. The average Bonchev–Trinajstić information content (AvgIpc) is 2.49. The van der Waals surface area contributed by atoms with E-state index in [1.807, 2.05) is 16.9 Å². The van der Waals surface area contributed by atoms with Crippen molar-refractivity contribution in [1.29, 1.82) is 0 Å². The Bertz CT molecular complexity index is 391. The van der Waals surface area contributed by atoms with Crippen molar-refractivity contribution in [3.05, 3.63) is 18.0 Å². The summed E-state index contributed by atoms with van der Waals surface area (Å²) in [5.74, 6) is -0.205. The molecule has 0 saturated heterocycles. The molecule has 1 aliphatic carbocycles. The molecular formula is C12H18N2O2. The van der Waals surface area contributed by atoms with Crippen LogP contribution in [0.5, 0.6) is 0 Å². The fraction of sp³-hybridized carbons (Fsp3) is 0.667. The molecule has 0 radical (unpaired) electrons. The summed E-state index contributed by atoms with van der Waals surface area (Å²) in [6.45, 7) is 5.09. The third-order valence-electron chi connectivity index (χ3n) is 3.30. The van der Waals surface area contributed by atoms with E-state index in [4.69, 9.17) is 0 Å². The molecule has 4 nitrogen and oxygen atoms in total. The molecule has 1 saturated carbocycles. The Hall–Kier alpha value is -1.32. The van der Waals surface area contributed by atoms with Gasteiger partial charge in [-0.2, -0.15) is 5.10 Å². The highest BCUT2D eigenvalue weighted by Crippen LogP contribution is 2.43. The maximum absolute atomic E-state index is 11.3. The Morgan fingerprint density at radius 3 is 2.75 bits per heavy atom. The maximum atomic E-state index is 11.3. The first-order valence-electron chi connectivity index (χ1n) is 5.82. The number of carbonyl (C=O) groups is 1. The van der Waals surface area contributed by atoms with Crippen LogP contribution in [0.25, 0.3) is 0 Å². The van der Waals surface area contributed by atoms with Gasteiger partial charge in [0, 0.05) is 12.7 Å². The van der Waals surface area contributed by atoms with E-state index < -0.39 is 11.4 Å². The third kappa shape index (κ3) is 1.72. The molecule has 0 aromatic carbocycles. The monoisotopic (exact) mass is 222 g/mol. The Morgan fingerprint density at radius 2 is 2.31 bits per heavy atom. The van der Waals surface area contributed by atoms with Crippen LogP contribution in [0.2, 0.25) is 0 Å². The van der Waals surface area contributed by atoms with Gasteiger partial charge in [-0.1, -0.05) is 20.3 Å². The zero-order valence-electron chi connectivity index (χ0n) is 9.81. The molecule has 4 heteroatoms. The summed E-state index contributed by atoms with van der Waals surface area (Å²) < 4.78 is 1.85. The summed E-state index contributed by atoms with van der Waals surface area (Å²) in [7, 11) is 0. The number of carboxylic acids is 1. The van der Waals surface area contributed by atoms with Gasteiger partial charge in [0.25, 0.3) is 0 Å². The highest BCUT2D eigenvalue weighted by Gasteiger charge is 2.47. The lowest BCUT2D eigenvalue weighted by atomic mass is 9.67. The quantitative estimate of drug-likeness (QED) is 0.848. The van der Waals surface area contributed by atoms with E-state index >= 15 is 0 Å². The lowest BCUT2D eigenvalue weighted by Crippen LogP contribution is -2.42. The summed E-state index contributed by atoms with van der Waals surface area (Å²) in [4.78, 5) is 11.3. The van der Waals surface area contributed by atoms with Gasteiger partial charge in [-0.05, 0) is 24.8 Å². The number of hydrogen-bond acceptors (Lipinski definition) is 2. The topological polar surface area (TPSA) is 55.1 Å². The van der Waals surface area contributed by atoms with Crippen molar-refractivity contribution < 1.29 is 9.90 Å². The first-order valence-corrected chi connectivity index (χ1v) is 5.82. The molecule has 1 heterocycles. The molecule has 16 heavy (non-hydrogen) atoms. The number of aliphatic carboxylic acids is 1. The molecule has 0 aliphatic heterocycles. The number of rotatable bonds is 4. The molecule has 1 aromatic rings. The van der Waals surface area contributed by atoms with E-state index in [1.165, 1.54) is 0 Å². The van der Waals surface area contributed by atoms with E-state index in [1.54, 1.807) is 0 Å². The Morgan fingerprint density at radius 1 is 1.62 bits per heavy atom.